The van der Waals surface area contributed by atoms with Crippen molar-refractivity contribution in [1.82, 2.24) is 5.32 Å². The summed E-state index contributed by atoms with van der Waals surface area (Å²) in [4.78, 5) is 12.3. The van der Waals surface area contributed by atoms with Crippen LogP contribution in [0.1, 0.15) is 58.3 Å². The van der Waals surface area contributed by atoms with Gasteiger partial charge in [-0.15, -0.1) is 0 Å². The lowest BCUT2D eigenvalue weighted by molar-refractivity contribution is -0.156. The summed E-state index contributed by atoms with van der Waals surface area (Å²) in [6, 6.07) is 0.462. The van der Waals surface area contributed by atoms with Gasteiger partial charge in [-0.1, -0.05) is 26.2 Å². The van der Waals surface area contributed by atoms with Crippen LogP contribution in [0.15, 0.2) is 0 Å². The summed E-state index contributed by atoms with van der Waals surface area (Å²) < 4.78 is 10.8. The van der Waals surface area contributed by atoms with Gasteiger partial charge in [0.2, 0.25) is 0 Å². The standard InChI is InChI=1S/C15H27NO3/c1-3-13-11-15(9-10-19-13,14(17)18-2)16-12-7-5-4-6-8-12/h12-13,16H,3-11H2,1-2H3. The fourth-order valence-corrected chi connectivity index (χ4v) is 3.42. The van der Waals surface area contributed by atoms with E-state index in [1.165, 1.54) is 39.2 Å². The molecule has 110 valence electrons. The molecule has 0 bridgehead atoms. The van der Waals surface area contributed by atoms with E-state index in [0.29, 0.717) is 12.6 Å². The number of ether oxygens (including phenoxy) is 2. The monoisotopic (exact) mass is 269 g/mol. The molecule has 2 rings (SSSR count). The largest absolute Gasteiger partial charge is 0.468 e. The van der Waals surface area contributed by atoms with Crippen LogP contribution in [-0.2, 0) is 14.3 Å². The van der Waals surface area contributed by atoms with Crippen molar-refractivity contribution in [2.45, 2.75) is 76.0 Å². The van der Waals surface area contributed by atoms with E-state index in [0.717, 1.165) is 19.3 Å². The maximum Gasteiger partial charge on any atom is 0.326 e. The minimum absolute atomic E-state index is 0.111. The van der Waals surface area contributed by atoms with Gasteiger partial charge in [0, 0.05) is 19.1 Å². The number of esters is 1. The van der Waals surface area contributed by atoms with E-state index in [1.54, 1.807) is 0 Å². The third-order valence-corrected chi connectivity index (χ3v) is 4.58. The lowest BCUT2D eigenvalue weighted by Crippen LogP contribution is -2.60. The second-order valence-corrected chi connectivity index (χ2v) is 5.91. The van der Waals surface area contributed by atoms with Crippen molar-refractivity contribution < 1.29 is 14.3 Å². The predicted octanol–water partition coefficient (Wildman–Crippen LogP) is 2.41. The average molecular weight is 269 g/mol. The fraction of sp³-hybridized carbons (Fsp3) is 0.933. The minimum Gasteiger partial charge on any atom is -0.468 e. The molecule has 2 atom stereocenters. The van der Waals surface area contributed by atoms with Crippen molar-refractivity contribution in [1.29, 1.82) is 0 Å². The predicted molar refractivity (Wildman–Crippen MR) is 74.0 cm³/mol. The third kappa shape index (κ3) is 3.48. The summed E-state index contributed by atoms with van der Waals surface area (Å²) in [7, 11) is 1.49. The third-order valence-electron chi connectivity index (χ3n) is 4.58. The molecule has 1 aliphatic carbocycles. The molecule has 0 aromatic carbocycles. The van der Waals surface area contributed by atoms with Gasteiger partial charge in [-0.2, -0.15) is 0 Å². The zero-order valence-electron chi connectivity index (χ0n) is 12.2. The molecule has 2 fully saturated rings. The fourth-order valence-electron chi connectivity index (χ4n) is 3.42. The molecular formula is C15H27NO3. The molecule has 0 aromatic rings. The second kappa shape index (κ2) is 6.71. The quantitative estimate of drug-likeness (QED) is 0.796. The number of carbonyl (C=O) groups excluding carboxylic acids is 1. The Morgan fingerprint density at radius 2 is 2.11 bits per heavy atom. The van der Waals surface area contributed by atoms with E-state index in [2.05, 4.69) is 12.2 Å². The van der Waals surface area contributed by atoms with Crippen molar-refractivity contribution >= 4 is 5.97 Å². The first-order valence-corrected chi connectivity index (χ1v) is 7.68. The Hall–Kier alpha value is -0.610. The van der Waals surface area contributed by atoms with Crippen molar-refractivity contribution in [3.8, 4) is 0 Å². The van der Waals surface area contributed by atoms with Gasteiger partial charge in [0.15, 0.2) is 0 Å². The summed E-state index contributed by atoms with van der Waals surface area (Å²) in [5.41, 5.74) is -0.518. The molecule has 19 heavy (non-hydrogen) atoms. The molecule has 1 saturated carbocycles. The molecule has 4 nitrogen and oxygen atoms in total. The Labute approximate surface area is 116 Å². The molecule has 2 unspecified atom stereocenters. The first kappa shape index (κ1) is 14.8. The lowest BCUT2D eigenvalue weighted by Gasteiger charge is -2.42. The van der Waals surface area contributed by atoms with Gasteiger partial charge in [-0.25, -0.2) is 0 Å². The number of hydrogen-bond donors (Lipinski definition) is 1. The van der Waals surface area contributed by atoms with Crippen LogP contribution in [0.5, 0.6) is 0 Å². The topological polar surface area (TPSA) is 47.6 Å². The van der Waals surface area contributed by atoms with E-state index < -0.39 is 5.54 Å². The smallest absolute Gasteiger partial charge is 0.326 e. The highest BCUT2D eigenvalue weighted by molar-refractivity contribution is 5.81. The Morgan fingerprint density at radius 1 is 1.37 bits per heavy atom. The van der Waals surface area contributed by atoms with Crippen LogP contribution in [0.25, 0.3) is 0 Å². The zero-order chi connectivity index (χ0) is 13.7. The van der Waals surface area contributed by atoms with Crippen LogP contribution in [0.4, 0.5) is 0 Å². The molecule has 0 aromatic heterocycles. The van der Waals surface area contributed by atoms with E-state index in [4.69, 9.17) is 9.47 Å². The number of hydrogen-bond acceptors (Lipinski definition) is 4. The number of rotatable bonds is 4. The number of carbonyl (C=O) groups is 1. The van der Waals surface area contributed by atoms with Crippen LogP contribution in [0, 0.1) is 0 Å². The highest BCUT2D eigenvalue weighted by Gasteiger charge is 2.45. The number of methoxy groups -OCH3 is 1. The highest BCUT2D eigenvalue weighted by Crippen LogP contribution is 2.30. The Kier molecular flexibility index (Phi) is 5.22. The first-order chi connectivity index (χ1) is 9.20. The van der Waals surface area contributed by atoms with Gasteiger partial charge >= 0.3 is 5.97 Å². The normalized spacial score (nSPS) is 33.1. The molecule has 1 N–H and O–H groups in total. The van der Waals surface area contributed by atoms with Gasteiger partial charge in [0.05, 0.1) is 13.2 Å². The van der Waals surface area contributed by atoms with E-state index >= 15 is 0 Å². The Bertz CT molecular complexity index is 302. The van der Waals surface area contributed by atoms with E-state index in [1.807, 2.05) is 0 Å². The molecule has 0 amide bonds. The van der Waals surface area contributed by atoms with Gasteiger partial charge in [0.25, 0.3) is 0 Å². The maximum atomic E-state index is 12.3. The average Bonchev–Trinajstić information content (AvgIpc) is 2.47. The van der Waals surface area contributed by atoms with Crippen molar-refractivity contribution in [2.75, 3.05) is 13.7 Å². The van der Waals surface area contributed by atoms with Crippen LogP contribution < -0.4 is 5.32 Å². The SMILES string of the molecule is CCC1CC(NC2CCCCC2)(C(=O)OC)CCO1. The van der Waals surface area contributed by atoms with Crippen LogP contribution >= 0.6 is 0 Å². The molecular weight excluding hydrogens is 242 g/mol. The summed E-state index contributed by atoms with van der Waals surface area (Å²) in [6.07, 6.45) is 8.80. The van der Waals surface area contributed by atoms with E-state index in [9.17, 15) is 4.79 Å². The Morgan fingerprint density at radius 3 is 2.74 bits per heavy atom. The summed E-state index contributed by atoms with van der Waals surface area (Å²) in [6.45, 7) is 2.76. The van der Waals surface area contributed by atoms with Crippen LogP contribution in [0.3, 0.4) is 0 Å². The van der Waals surface area contributed by atoms with Crippen molar-refractivity contribution in [3.05, 3.63) is 0 Å². The lowest BCUT2D eigenvalue weighted by atomic mass is 9.83. The van der Waals surface area contributed by atoms with Crippen LogP contribution in [-0.4, -0.2) is 37.4 Å². The summed E-state index contributed by atoms with van der Waals surface area (Å²) >= 11 is 0. The second-order valence-electron chi connectivity index (χ2n) is 5.91. The molecule has 0 radical (unpaired) electrons. The minimum atomic E-state index is -0.518. The molecule has 1 heterocycles. The Balaban J connectivity index is 2.07. The van der Waals surface area contributed by atoms with Crippen molar-refractivity contribution in [3.63, 3.8) is 0 Å². The molecule has 4 heteroatoms. The molecule has 1 saturated heterocycles. The summed E-state index contributed by atoms with van der Waals surface area (Å²) in [5.74, 6) is -0.111. The molecule has 2 aliphatic rings. The molecule has 1 aliphatic heterocycles. The molecule has 0 spiro atoms. The summed E-state index contributed by atoms with van der Waals surface area (Å²) in [5, 5.41) is 3.63. The van der Waals surface area contributed by atoms with E-state index in [-0.39, 0.29) is 12.1 Å². The van der Waals surface area contributed by atoms with Gasteiger partial charge < -0.3 is 9.47 Å². The van der Waals surface area contributed by atoms with Gasteiger partial charge in [0.1, 0.15) is 5.54 Å². The number of nitrogens with one attached hydrogen (secondary N) is 1. The van der Waals surface area contributed by atoms with Gasteiger partial charge in [-0.3, -0.25) is 10.1 Å². The van der Waals surface area contributed by atoms with Gasteiger partial charge in [-0.05, 0) is 25.7 Å². The first-order valence-electron chi connectivity index (χ1n) is 7.68. The highest BCUT2D eigenvalue weighted by atomic mass is 16.5. The zero-order valence-corrected chi connectivity index (χ0v) is 12.2. The maximum absolute atomic E-state index is 12.3. The van der Waals surface area contributed by atoms with Crippen LogP contribution in [0.2, 0.25) is 0 Å². The van der Waals surface area contributed by atoms with Crippen molar-refractivity contribution in [2.24, 2.45) is 0 Å².